The van der Waals surface area contributed by atoms with Gasteiger partial charge in [-0.2, -0.15) is 0 Å². The first-order chi connectivity index (χ1) is 9.20. The minimum Gasteiger partial charge on any atom is -0.356 e. The summed E-state index contributed by atoms with van der Waals surface area (Å²) in [6.45, 7) is 0. The van der Waals surface area contributed by atoms with Gasteiger partial charge in [-0.15, -0.1) is 0 Å². The molecule has 0 aliphatic heterocycles. The summed E-state index contributed by atoms with van der Waals surface area (Å²) in [6.07, 6.45) is 15.0. The van der Waals surface area contributed by atoms with Gasteiger partial charge in [0.05, 0.1) is 0 Å². The van der Waals surface area contributed by atoms with Crippen molar-refractivity contribution in [3.05, 3.63) is 0 Å². The molecule has 1 rings (SSSR count). The molecule has 0 amide bonds. The highest BCUT2D eigenvalue weighted by molar-refractivity contribution is 4.85. The third-order valence-electron chi connectivity index (χ3n) is 4.45. The second-order valence-electron chi connectivity index (χ2n) is 6.15. The standard InChI is InChI=1S/C16H33NO2/c1-18-15(19-2)14-16(17)12-10-8-6-4-3-5-7-9-11-13-16/h15H,3-14,17H2,1-2H3. The monoisotopic (exact) mass is 271 g/mol. The van der Waals surface area contributed by atoms with Gasteiger partial charge in [0.1, 0.15) is 0 Å². The lowest BCUT2D eigenvalue weighted by Crippen LogP contribution is -2.43. The van der Waals surface area contributed by atoms with Crippen LogP contribution in [-0.2, 0) is 9.47 Å². The number of hydrogen-bond acceptors (Lipinski definition) is 3. The van der Waals surface area contributed by atoms with Crippen LogP contribution >= 0.6 is 0 Å². The van der Waals surface area contributed by atoms with Gasteiger partial charge >= 0.3 is 0 Å². The second-order valence-corrected chi connectivity index (χ2v) is 6.15. The Morgan fingerprint density at radius 1 is 0.789 bits per heavy atom. The third kappa shape index (κ3) is 7.28. The Bertz CT molecular complexity index is 205. The Kier molecular flexibility index (Phi) is 8.67. The fourth-order valence-electron chi connectivity index (χ4n) is 3.12. The van der Waals surface area contributed by atoms with Gasteiger partial charge < -0.3 is 15.2 Å². The van der Waals surface area contributed by atoms with Crippen LogP contribution in [0.15, 0.2) is 0 Å². The third-order valence-corrected chi connectivity index (χ3v) is 4.45. The minimum absolute atomic E-state index is 0.101. The molecule has 0 unspecified atom stereocenters. The molecule has 1 saturated carbocycles. The van der Waals surface area contributed by atoms with Crippen LogP contribution in [0.4, 0.5) is 0 Å². The molecule has 0 aromatic rings. The summed E-state index contributed by atoms with van der Waals surface area (Å²) in [5.41, 5.74) is 6.53. The van der Waals surface area contributed by atoms with Crippen molar-refractivity contribution >= 4 is 0 Å². The van der Waals surface area contributed by atoms with Gasteiger partial charge in [0.15, 0.2) is 6.29 Å². The topological polar surface area (TPSA) is 44.5 Å². The van der Waals surface area contributed by atoms with E-state index >= 15 is 0 Å². The molecule has 1 fully saturated rings. The Morgan fingerprint density at radius 2 is 1.16 bits per heavy atom. The predicted octanol–water partition coefficient (Wildman–Crippen LogP) is 4.00. The number of hydrogen-bond donors (Lipinski definition) is 1. The van der Waals surface area contributed by atoms with Crippen LogP contribution < -0.4 is 5.73 Å². The maximum Gasteiger partial charge on any atom is 0.158 e. The molecule has 0 aromatic carbocycles. The van der Waals surface area contributed by atoms with Crippen LogP contribution in [0.1, 0.15) is 77.0 Å². The molecule has 1 aliphatic rings. The van der Waals surface area contributed by atoms with E-state index in [1.165, 1.54) is 57.8 Å². The molecule has 1 aliphatic carbocycles. The Morgan fingerprint density at radius 3 is 1.53 bits per heavy atom. The first-order valence-corrected chi connectivity index (χ1v) is 8.05. The van der Waals surface area contributed by atoms with Gasteiger partial charge in [-0.3, -0.25) is 0 Å². The summed E-state index contributed by atoms with van der Waals surface area (Å²) >= 11 is 0. The Labute approximate surface area is 119 Å². The summed E-state index contributed by atoms with van der Waals surface area (Å²) in [5, 5.41) is 0. The van der Waals surface area contributed by atoms with E-state index in [-0.39, 0.29) is 11.8 Å². The molecule has 3 nitrogen and oxygen atoms in total. The maximum atomic E-state index is 6.63. The zero-order valence-electron chi connectivity index (χ0n) is 13.0. The van der Waals surface area contributed by atoms with Crippen molar-refractivity contribution in [3.8, 4) is 0 Å². The number of nitrogens with two attached hydrogens (primary N) is 1. The van der Waals surface area contributed by atoms with E-state index in [1.807, 2.05) is 0 Å². The van der Waals surface area contributed by atoms with Crippen LogP contribution in [0.2, 0.25) is 0 Å². The van der Waals surface area contributed by atoms with Gasteiger partial charge in [0.2, 0.25) is 0 Å². The van der Waals surface area contributed by atoms with Crippen LogP contribution in [0, 0.1) is 0 Å². The van der Waals surface area contributed by atoms with Gasteiger partial charge in [-0.05, 0) is 12.8 Å². The lowest BCUT2D eigenvalue weighted by atomic mass is 9.83. The molecular weight excluding hydrogens is 238 g/mol. The molecule has 19 heavy (non-hydrogen) atoms. The molecule has 2 N–H and O–H groups in total. The van der Waals surface area contributed by atoms with E-state index in [9.17, 15) is 0 Å². The normalized spacial score (nSPS) is 22.7. The van der Waals surface area contributed by atoms with Crippen molar-refractivity contribution in [1.82, 2.24) is 0 Å². The summed E-state index contributed by atoms with van der Waals surface area (Å²) in [4.78, 5) is 0. The predicted molar refractivity (Wildman–Crippen MR) is 80.1 cm³/mol. The first kappa shape index (κ1) is 16.9. The molecule has 0 aromatic heterocycles. The van der Waals surface area contributed by atoms with Crippen molar-refractivity contribution in [2.24, 2.45) is 5.73 Å². The van der Waals surface area contributed by atoms with E-state index in [2.05, 4.69) is 0 Å². The molecule has 0 spiro atoms. The number of methoxy groups -OCH3 is 2. The average molecular weight is 271 g/mol. The van der Waals surface area contributed by atoms with E-state index in [0.717, 1.165) is 19.3 Å². The number of ether oxygens (including phenoxy) is 2. The van der Waals surface area contributed by atoms with Crippen molar-refractivity contribution in [2.45, 2.75) is 88.9 Å². The molecule has 0 bridgehead atoms. The first-order valence-electron chi connectivity index (χ1n) is 8.05. The fraction of sp³-hybridized carbons (Fsp3) is 1.00. The summed E-state index contributed by atoms with van der Waals surface area (Å²) in [6, 6.07) is 0. The van der Waals surface area contributed by atoms with E-state index in [4.69, 9.17) is 15.2 Å². The lowest BCUT2D eigenvalue weighted by molar-refractivity contribution is -0.117. The molecule has 114 valence electrons. The highest BCUT2D eigenvalue weighted by atomic mass is 16.7. The smallest absolute Gasteiger partial charge is 0.158 e. The van der Waals surface area contributed by atoms with Crippen LogP contribution in [0.25, 0.3) is 0 Å². The highest BCUT2D eigenvalue weighted by Gasteiger charge is 2.28. The maximum absolute atomic E-state index is 6.63. The van der Waals surface area contributed by atoms with E-state index in [1.54, 1.807) is 14.2 Å². The van der Waals surface area contributed by atoms with Crippen molar-refractivity contribution in [3.63, 3.8) is 0 Å². The highest BCUT2D eigenvalue weighted by Crippen LogP contribution is 2.27. The fourth-order valence-corrected chi connectivity index (χ4v) is 3.12. The van der Waals surface area contributed by atoms with E-state index in [0.29, 0.717) is 0 Å². The largest absolute Gasteiger partial charge is 0.356 e. The lowest BCUT2D eigenvalue weighted by Gasteiger charge is -2.33. The Hall–Kier alpha value is -0.120. The van der Waals surface area contributed by atoms with Crippen LogP contribution in [-0.4, -0.2) is 26.0 Å². The van der Waals surface area contributed by atoms with Crippen LogP contribution in [0.3, 0.4) is 0 Å². The molecule has 3 heteroatoms. The SMILES string of the molecule is COC(CC1(N)CCCCCCCCCCC1)OC. The van der Waals surface area contributed by atoms with Gasteiger partial charge in [0, 0.05) is 26.2 Å². The molecule has 0 heterocycles. The second kappa shape index (κ2) is 9.73. The Balaban J connectivity index is 2.48. The molecule has 0 saturated heterocycles. The van der Waals surface area contributed by atoms with Crippen molar-refractivity contribution in [1.29, 1.82) is 0 Å². The van der Waals surface area contributed by atoms with Crippen molar-refractivity contribution < 1.29 is 9.47 Å². The summed E-state index contributed by atoms with van der Waals surface area (Å²) in [5.74, 6) is 0. The number of rotatable bonds is 4. The van der Waals surface area contributed by atoms with Crippen LogP contribution in [0.5, 0.6) is 0 Å². The quantitative estimate of drug-likeness (QED) is 0.786. The molecular formula is C16H33NO2. The summed E-state index contributed by atoms with van der Waals surface area (Å²) < 4.78 is 10.7. The van der Waals surface area contributed by atoms with E-state index < -0.39 is 0 Å². The zero-order valence-corrected chi connectivity index (χ0v) is 13.0. The van der Waals surface area contributed by atoms with Gasteiger partial charge in [-0.1, -0.05) is 57.8 Å². The molecule has 0 atom stereocenters. The average Bonchev–Trinajstić information content (AvgIpc) is 2.40. The zero-order chi connectivity index (χ0) is 14.0. The minimum atomic E-state index is -0.155. The summed E-state index contributed by atoms with van der Waals surface area (Å²) in [7, 11) is 3.40. The van der Waals surface area contributed by atoms with Gasteiger partial charge in [0.25, 0.3) is 0 Å². The molecule has 0 radical (unpaired) electrons. The van der Waals surface area contributed by atoms with Gasteiger partial charge in [-0.25, -0.2) is 0 Å². The van der Waals surface area contributed by atoms with Crippen molar-refractivity contribution in [2.75, 3.05) is 14.2 Å².